The van der Waals surface area contributed by atoms with Crippen LogP contribution >= 0.6 is 0 Å². The molecule has 1 aliphatic rings. The highest BCUT2D eigenvalue weighted by Crippen LogP contribution is 2.36. The quantitative estimate of drug-likeness (QED) is 0.429. The van der Waals surface area contributed by atoms with Crippen molar-refractivity contribution in [2.24, 2.45) is 16.2 Å². The van der Waals surface area contributed by atoms with Crippen molar-refractivity contribution in [3.05, 3.63) is 18.2 Å². The summed E-state index contributed by atoms with van der Waals surface area (Å²) in [5.74, 6) is 5.35. The predicted octanol–water partition coefficient (Wildman–Crippen LogP) is 1.75. The lowest BCUT2D eigenvalue weighted by Crippen LogP contribution is -2.45. The second kappa shape index (κ2) is 3.48. The van der Waals surface area contributed by atoms with Crippen molar-refractivity contribution in [1.29, 1.82) is 0 Å². The van der Waals surface area contributed by atoms with Gasteiger partial charge in [-0.1, -0.05) is 5.22 Å². The van der Waals surface area contributed by atoms with Crippen molar-refractivity contribution < 1.29 is 9.53 Å². The smallest absolute Gasteiger partial charge is 0.268 e. The SMILES string of the molecule is CC1(C)Oc2cc(N=NN)ccc2NC1=O. The number of benzene rings is 1. The molecule has 0 radical (unpaired) electrons. The monoisotopic (exact) mass is 220 g/mol. The molecule has 0 aliphatic carbocycles. The number of rotatable bonds is 1. The number of carbonyl (C=O) groups is 1. The number of anilines is 1. The lowest BCUT2D eigenvalue weighted by atomic mass is 10.1. The van der Waals surface area contributed by atoms with Crippen LogP contribution in [0.3, 0.4) is 0 Å². The number of nitrogens with two attached hydrogens (primary N) is 1. The Bertz CT molecular complexity index is 468. The Balaban J connectivity index is 2.41. The average Bonchev–Trinajstić information content (AvgIpc) is 2.20. The largest absolute Gasteiger partial charge is 0.476 e. The van der Waals surface area contributed by atoms with Crippen LogP contribution < -0.4 is 15.9 Å². The lowest BCUT2D eigenvalue weighted by Gasteiger charge is -2.31. The Hall–Kier alpha value is -2.11. The lowest BCUT2D eigenvalue weighted by molar-refractivity contribution is -0.129. The van der Waals surface area contributed by atoms with E-state index in [2.05, 4.69) is 15.7 Å². The highest BCUT2D eigenvalue weighted by Gasteiger charge is 2.35. The molecular formula is C10H12N4O2. The third-order valence-electron chi connectivity index (χ3n) is 2.30. The molecule has 1 amide bonds. The summed E-state index contributed by atoms with van der Waals surface area (Å²) in [6.45, 7) is 3.39. The molecule has 1 heterocycles. The Morgan fingerprint density at radius 1 is 1.44 bits per heavy atom. The maximum atomic E-state index is 11.6. The topological polar surface area (TPSA) is 89.1 Å². The summed E-state index contributed by atoms with van der Waals surface area (Å²) >= 11 is 0. The molecule has 0 atom stereocenters. The van der Waals surface area contributed by atoms with Gasteiger partial charge in [0, 0.05) is 6.07 Å². The summed E-state index contributed by atoms with van der Waals surface area (Å²) in [5.41, 5.74) is 0.319. The van der Waals surface area contributed by atoms with Gasteiger partial charge in [-0.15, -0.1) is 5.11 Å². The summed E-state index contributed by atoms with van der Waals surface area (Å²) in [4.78, 5) is 11.6. The first-order valence-electron chi connectivity index (χ1n) is 4.78. The average molecular weight is 220 g/mol. The van der Waals surface area contributed by atoms with Crippen LogP contribution in [0.2, 0.25) is 0 Å². The standard InChI is InChI=1S/C10H12N4O2/c1-10(2)9(15)12-7-4-3-6(13-14-11)5-8(7)16-10/h3-5H,1-2H3,(H2,11,13)(H,12,15). The van der Waals surface area contributed by atoms with Crippen LogP contribution in [0.15, 0.2) is 28.5 Å². The molecule has 16 heavy (non-hydrogen) atoms. The Morgan fingerprint density at radius 3 is 2.88 bits per heavy atom. The van der Waals surface area contributed by atoms with Gasteiger partial charge in [-0.05, 0) is 26.0 Å². The molecule has 0 saturated heterocycles. The summed E-state index contributed by atoms with van der Waals surface area (Å²) < 4.78 is 5.56. The fourth-order valence-corrected chi connectivity index (χ4v) is 1.42. The van der Waals surface area contributed by atoms with Gasteiger partial charge >= 0.3 is 0 Å². The molecule has 0 spiro atoms. The van der Waals surface area contributed by atoms with E-state index >= 15 is 0 Å². The minimum Gasteiger partial charge on any atom is -0.476 e. The van der Waals surface area contributed by atoms with Crippen molar-refractivity contribution in [2.75, 3.05) is 5.32 Å². The van der Waals surface area contributed by atoms with Gasteiger partial charge in [-0.3, -0.25) is 4.79 Å². The van der Waals surface area contributed by atoms with Crippen LogP contribution in [0.25, 0.3) is 0 Å². The minimum atomic E-state index is -0.883. The van der Waals surface area contributed by atoms with E-state index in [0.717, 1.165) is 0 Å². The number of ether oxygens (including phenoxy) is 1. The fourth-order valence-electron chi connectivity index (χ4n) is 1.42. The van der Waals surface area contributed by atoms with E-state index in [4.69, 9.17) is 10.6 Å². The maximum absolute atomic E-state index is 11.6. The van der Waals surface area contributed by atoms with Gasteiger partial charge in [0.25, 0.3) is 5.91 Å². The molecule has 3 N–H and O–H groups in total. The van der Waals surface area contributed by atoms with Crippen LogP contribution in [0, 0.1) is 0 Å². The zero-order valence-electron chi connectivity index (χ0n) is 9.02. The number of amides is 1. The van der Waals surface area contributed by atoms with Crippen molar-refractivity contribution >= 4 is 17.3 Å². The molecule has 1 aliphatic heterocycles. The molecule has 0 saturated carbocycles. The molecule has 6 nitrogen and oxygen atoms in total. The van der Waals surface area contributed by atoms with Gasteiger partial charge in [0.1, 0.15) is 5.75 Å². The molecule has 6 heteroatoms. The zero-order valence-corrected chi connectivity index (χ0v) is 9.02. The van der Waals surface area contributed by atoms with E-state index in [1.54, 1.807) is 32.0 Å². The maximum Gasteiger partial charge on any atom is 0.268 e. The van der Waals surface area contributed by atoms with Gasteiger partial charge in [0.2, 0.25) is 0 Å². The number of carbonyl (C=O) groups excluding carboxylic acids is 1. The minimum absolute atomic E-state index is 0.173. The predicted molar refractivity (Wildman–Crippen MR) is 58.5 cm³/mol. The summed E-state index contributed by atoms with van der Waals surface area (Å²) in [7, 11) is 0. The molecule has 2 rings (SSSR count). The van der Waals surface area contributed by atoms with E-state index in [9.17, 15) is 4.79 Å². The summed E-state index contributed by atoms with van der Waals surface area (Å²) in [5, 5.41) is 9.63. The van der Waals surface area contributed by atoms with Gasteiger partial charge in [0.05, 0.1) is 11.4 Å². The van der Waals surface area contributed by atoms with E-state index in [-0.39, 0.29) is 5.91 Å². The van der Waals surface area contributed by atoms with Crippen LogP contribution in [-0.4, -0.2) is 11.5 Å². The van der Waals surface area contributed by atoms with Crippen molar-refractivity contribution in [3.8, 4) is 5.75 Å². The first-order valence-corrected chi connectivity index (χ1v) is 4.78. The highest BCUT2D eigenvalue weighted by atomic mass is 16.5. The molecule has 0 bridgehead atoms. The number of nitrogens with one attached hydrogen (secondary N) is 1. The van der Waals surface area contributed by atoms with Gasteiger partial charge in [-0.25, -0.2) is 0 Å². The fraction of sp³-hybridized carbons (Fsp3) is 0.300. The van der Waals surface area contributed by atoms with Crippen LogP contribution in [0.4, 0.5) is 11.4 Å². The Kier molecular flexibility index (Phi) is 2.26. The summed E-state index contributed by atoms with van der Waals surface area (Å²) in [6.07, 6.45) is 0. The van der Waals surface area contributed by atoms with Gasteiger partial charge < -0.3 is 15.9 Å². The normalized spacial score (nSPS) is 17.8. The highest BCUT2D eigenvalue weighted by molar-refractivity contribution is 6.00. The Morgan fingerprint density at radius 2 is 2.19 bits per heavy atom. The van der Waals surface area contributed by atoms with Crippen molar-refractivity contribution in [2.45, 2.75) is 19.4 Å². The van der Waals surface area contributed by atoms with Gasteiger partial charge in [-0.2, -0.15) is 0 Å². The first kappa shape index (κ1) is 10.4. The molecule has 0 aromatic heterocycles. The van der Waals surface area contributed by atoms with E-state index < -0.39 is 5.60 Å². The van der Waals surface area contributed by atoms with Crippen LogP contribution in [0.1, 0.15) is 13.8 Å². The molecule has 1 aromatic rings. The molecule has 84 valence electrons. The van der Waals surface area contributed by atoms with Crippen molar-refractivity contribution in [3.63, 3.8) is 0 Å². The van der Waals surface area contributed by atoms with Crippen LogP contribution in [-0.2, 0) is 4.79 Å². The molecule has 0 fully saturated rings. The van der Waals surface area contributed by atoms with Crippen LogP contribution in [0.5, 0.6) is 5.75 Å². The first-order chi connectivity index (χ1) is 7.53. The summed E-state index contributed by atoms with van der Waals surface area (Å²) in [6, 6.07) is 5.07. The third kappa shape index (κ3) is 1.69. The van der Waals surface area contributed by atoms with E-state index in [1.165, 1.54) is 0 Å². The number of nitrogens with zero attached hydrogens (tertiary/aromatic N) is 2. The second-order valence-electron chi connectivity index (χ2n) is 3.96. The second-order valence-corrected chi connectivity index (χ2v) is 3.96. The van der Waals surface area contributed by atoms with Crippen molar-refractivity contribution in [1.82, 2.24) is 0 Å². The molecular weight excluding hydrogens is 208 g/mol. The Labute approximate surface area is 92.5 Å². The molecule has 1 aromatic carbocycles. The third-order valence-corrected chi connectivity index (χ3v) is 2.30. The van der Waals surface area contributed by atoms with E-state index in [1.807, 2.05) is 0 Å². The van der Waals surface area contributed by atoms with Gasteiger partial charge in [0.15, 0.2) is 5.60 Å². The number of hydrogen-bond acceptors (Lipinski definition) is 4. The number of fused-ring (bicyclic) bond motifs is 1. The molecule has 0 unspecified atom stereocenters. The number of hydrogen-bond donors (Lipinski definition) is 2. The zero-order chi connectivity index (χ0) is 11.8. The van der Waals surface area contributed by atoms with E-state index in [0.29, 0.717) is 17.1 Å².